The summed E-state index contributed by atoms with van der Waals surface area (Å²) in [7, 11) is 0. The molecule has 5 heteroatoms. The molecule has 1 aromatic heterocycles. The minimum atomic E-state index is -1.08. The fourth-order valence-corrected chi connectivity index (χ4v) is 2.37. The summed E-state index contributed by atoms with van der Waals surface area (Å²) in [5.74, 6) is -0.285. The second-order valence-electron chi connectivity index (χ2n) is 4.38. The molecule has 1 N–H and O–H groups in total. The number of aliphatic hydroxyl groups excluding tert-OH is 1. The van der Waals surface area contributed by atoms with Gasteiger partial charge in [0.1, 0.15) is 17.7 Å². The van der Waals surface area contributed by atoms with Crippen LogP contribution in [0.1, 0.15) is 17.4 Å². The van der Waals surface area contributed by atoms with Gasteiger partial charge in [-0.05, 0) is 29.8 Å². The summed E-state index contributed by atoms with van der Waals surface area (Å²) in [4.78, 5) is 0. The Morgan fingerprint density at radius 3 is 2.55 bits per heavy atom. The van der Waals surface area contributed by atoms with Crippen molar-refractivity contribution >= 4 is 34.2 Å². The van der Waals surface area contributed by atoms with E-state index in [9.17, 15) is 9.50 Å². The maximum Gasteiger partial charge on any atom is 0.153 e. The summed E-state index contributed by atoms with van der Waals surface area (Å²) in [6, 6.07) is 11.1. The lowest BCUT2D eigenvalue weighted by molar-refractivity contribution is 0.192. The molecule has 0 spiro atoms. The molecule has 0 radical (unpaired) electrons. The predicted molar refractivity (Wildman–Crippen MR) is 76.7 cm³/mol. The smallest absolute Gasteiger partial charge is 0.153 e. The highest BCUT2D eigenvalue weighted by Crippen LogP contribution is 2.32. The Morgan fingerprint density at radius 1 is 1.05 bits per heavy atom. The largest absolute Gasteiger partial charge is 0.456 e. The van der Waals surface area contributed by atoms with E-state index in [1.807, 2.05) is 6.07 Å². The maximum absolute atomic E-state index is 13.4. The molecule has 3 aromatic rings. The number of para-hydroxylation sites is 1. The van der Waals surface area contributed by atoms with E-state index >= 15 is 0 Å². The number of benzene rings is 2. The molecule has 0 aliphatic heterocycles. The van der Waals surface area contributed by atoms with Gasteiger partial charge >= 0.3 is 0 Å². The first-order chi connectivity index (χ1) is 9.56. The molecule has 0 aliphatic rings. The number of hydrogen-bond acceptors (Lipinski definition) is 2. The second-order valence-corrected chi connectivity index (χ2v) is 5.20. The van der Waals surface area contributed by atoms with E-state index in [-0.39, 0.29) is 5.02 Å². The molecule has 0 saturated carbocycles. The Kier molecular flexibility index (Phi) is 3.42. The second kappa shape index (κ2) is 5.09. The molecule has 2 nitrogen and oxygen atoms in total. The minimum absolute atomic E-state index is 0.00796. The van der Waals surface area contributed by atoms with E-state index in [2.05, 4.69) is 0 Å². The Morgan fingerprint density at radius 2 is 1.85 bits per heavy atom. The summed E-state index contributed by atoms with van der Waals surface area (Å²) in [5.41, 5.74) is 0.861. The van der Waals surface area contributed by atoms with Crippen LogP contribution in [0.4, 0.5) is 4.39 Å². The average molecular weight is 311 g/mol. The molecule has 2 aromatic carbocycles. The first kappa shape index (κ1) is 13.4. The highest BCUT2D eigenvalue weighted by atomic mass is 35.5. The molecular weight excluding hydrogens is 302 g/mol. The molecular formula is C15H9Cl2FO2. The van der Waals surface area contributed by atoms with E-state index in [0.29, 0.717) is 21.9 Å². The lowest BCUT2D eigenvalue weighted by Gasteiger charge is -2.08. The van der Waals surface area contributed by atoms with Crippen LogP contribution >= 0.6 is 23.2 Å². The molecule has 1 heterocycles. The summed E-state index contributed by atoms with van der Waals surface area (Å²) in [5, 5.41) is 11.5. The van der Waals surface area contributed by atoms with Crippen LogP contribution in [-0.4, -0.2) is 5.11 Å². The number of hydrogen-bond donors (Lipinski definition) is 1. The predicted octanol–water partition coefficient (Wildman–Crippen LogP) is 4.96. The van der Waals surface area contributed by atoms with Crippen LogP contribution in [0.15, 0.2) is 46.9 Å². The number of rotatable bonds is 2. The van der Waals surface area contributed by atoms with E-state index in [0.717, 1.165) is 5.39 Å². The lowest BCUT2D eigenvalue weighted by atomic mass is 10.1. The van der Waals surface area contributed by atoms with Gasteiger partial charge in [0.05, 0.1) is 10.0 Å². The summed E-state index contributed by atoms with van der Waals surface area (Å²) in [6.07, 6.45) is -1.08. The number of halogens is 3. The van der Waals surface area contributed by atoms with Crippen molar-refractivity contribution in [1.29, 1.82) is 0 Å². The third-order valence-corrected chi connectivity index (χ3v) is 3.65. The molecule has 3 rings (SSSR count). The fraction of sp³-hybridized carbons (Fsp3) is 0.0667. The van der Waals surface area contributed by atoms with Gasteiger partial charge in [0, 0.05) is 5.39 Å². The van der Waals surface area contributed by atoms with Crippen molar-refractivity contribution in [3.8, 4) is 0 Å². The first-order valence-corrected chi connectivity index (χ1v) is 6.63. The number of fused-ring (bicyclic) bond motifs is 1. The zero-order valence-corrected chi connectivity index (χ0v) is 11.6. The van der Waals surface area contributed by atoms with E-state index in [1.165, 1.54) is 12.1 Å². The Balaban J connectivity index is 2.05. The Labute approximate surface area is 124 Å². The molecule has 1 atom stereocenters. The van der Waals surface area contributed by atoms with Gasteiger partial charge in [-0.3, -0.25) is 0 Å². The Hall–Kier alpha value is -1.55. The van der Waals surface area contributed by atoms with Gasteiger partial charge in [-0.15, -0.1) is 0 Å². The fourth-order valence-electron chi connectivity index (χ4n) is 2.03. The Bertz CT molecular complexity index is 783. The van der Waals surface area contributed by atoms with Crippen molar-refractivity contribution in [2.45, 2.75) is 6.10 Å². The van der Waals surface area contributed by atoms with Gasteiger partial charge in [0.15, 0.2) is 5.58 Å². The van der Waals surface area contributed by atoms with Gasteiger partial charge in [-0.2, -0.15) is 0 Å². The normalized spacial score (nSPS) is 12.8. The van der Waals surface area contributed by atoms with Crippen LogP contribution in [0.2, 0.25) is 10.0 Å². The summed E-state index contributed by atoms with van der Waals surface area (Å²) >= 11 is 11.6. The van der Waals surface area contributed by atoms with E-state index in [4.69, 9.17) is 27.6 Å². The zero-order valence-electron chi connectivity index (χ0n) is 10.1. The van der Waals surface area contributed by atoms with Crippen LogP contribution in [0.3, 0.4) is 0 Å². The van der Waals surface area contributed by atoms with E-state index in [1.54, 1.807) is 24.3 Å². The third kappa shape index (κ3) is 2.29. The monoisotopic (exact) mass is 310 g/mol. The summed E-state index contributed by atoms with van der Waals surface area (Å²) < 4.78 is 19.0. The lowest BCUT2D eigenvalue weighted by Crippen LogP contribution is -1.98. The topological polar surface area (TPSA) is 33.4 Å². The third-order valence-electron chi connectivity index (χ3n) is 3.04. The molecule has 0 bridgehead atoms. The standard InChI is InChI=1S/C15H9Cl2FO2/c16-10-5-4-8(6-12(10)18)14(19)13-7-9-2-1-3-11(17)15(9)20-13/h1-7,14,19H. The highest BCUT2D eigenvalue weighted by Gasteiger charge is 2.17. The van der Waals surface area contributed by atoms with Crippen molar-refractivity contribution in [3.05, 3.63) is 69.7 Å². The number of furan rings is 1. The molecule has 102 valence electrons. The van der Waals surface area contributed by atoms with Crippen LogP contribution in [0.5, 0.6) is 0 Å². The number of aliphatic hydroxyl groups is 1. The molecule has 20 heavy (non-hydrogen) atoms. The van der Waals surface area contributed by atoms with Crippen LogP contribution in [0, 0.1) is 5.82 Å². The van der Waals surface area contributed by atoms with Crippen molar-refractivity contribution < 1.29 is 13.9 Å². The minimum Gasteiger partial charge on any atom is -0.456 e. The quantitative estimate of drug-likeness (QED) is 0.725. The van der Waals surface area contributed by atoms with Crippen molar-refractivity contribution in [1.82, 2.24) is 0 Å². The van der Waals surface area contributed by atoms with Crippen LogP contribution in [-0.2, 0) is 0 Å². The van der Waals surface area contributed by atoms with Gasteiger partial charge in [0.2, 0.25) is 0 Å². The molecule has 0 aliphatic carbocycles. The van der Waals surface area contributed by atoms with Crippen molar-refractivity contribution in [3.63, 3.8) is 0 Å². The SMILES string of the molecule is OC(c1ccc(Cl)c(F)c1)c1cc2cccc(Cl)c2o1. The average Bonchev–Trinajstić information content (AvgIpc) is 2.86. The van der Waals surface area contributed by atoms with Crippen molar-refractivity contribution in [2.75, 3.05) is 0 Å². The van der Waals surface area contributed by atoms with E-state index < -0.39 is 11.9 Å². The van der Waals surface area contributed by atoms with Gasteiger partial charge in [-0.1, -0.05) is 41.4 Å². The first-order valence-electron chi connectivity index (χ1n) is 5.87. The summed E-state index contributed by atoms with van der Waals surface area (Å²) in [6.45, 7) is 0. The molecule has 0 fully saturated rings. The zero-order chi connectivity index (χ0) is 14.3. The van der Waals surface area contributed by atoms with Crippen LogP contribution in [0.25, 0.3) is 11.0 Å². The molecule has 0 amide bonds. The maximum atomic E-state index is 13.4. The van der Waals surface area contributed by atoms with Gasteiger partial charge < -0.3 is 9.52 Å². The van der Waals surface area contributed by atoms with Crippen molar-refractivity contribution in [2.24, 2.45) is 0 Å². The molecule has 0 saturated heterocycles. The molecule has 1 unspecified atom stereocenters. The van der Waals surface area contributed by atoms with Gasteiger partial charge in [0.25, 0.3) is 0 Å². The highest BCUT2D eigenvalue weighted by molar-refractivity contribution is 6.34. The van der Waals surface area contributed by atoms with Gasteiger partial charge in [-0.25, -0.2) is 4.39 Å². The van der Waals surface area contributed by atoms with Crippen LogP contribution < -0.4 is 0 Å².